The third-order valence-electron chi connectivity index (χ3n) is 6.10. The van der Waals surface area contributed by atoms with E-state index in [0.717, 1.165) is 67.1 Å². The molecule has 0 aliphatic heterocycles. The van der Waals surface area contributed by atoms with Crippen LogP contribution in [0.1, 0.15) is 19.3 Å². The molecular formula is C23H20N6OS2. The van der Waals surface area contributed by atoms with E-state index in [9.17, 15) is 4.55 Å². The average Bonchev–Trinajstić information content (AvgIpc) is 3.34. The van der Waals surface area contributed by atoms with Gasteiger partial charge in [0.2, 0.25) is 4.21 Å². The van der Waals surface area contributed by atoms with Crippen LogP contribution in [0.5, 0.6) is 0 Å². The van der Waals surface area contributed by atoms with Gasteiger partial charge in [0.05, 0.1) is 16.9 Å². The number of pyridine rings is 1. The Hall–Kier alpha value is -3.01. The van der Waals surface area contributed by atoms with Gasteiger partial charge in [0, 0.05) is 52.5 Å². The van der Waals surface area contributed by atoms with Crippen molar-refractivity contribution in [2.75, 3.05) is 5.73 Å². The van der Waals surface area contributed by atoms with Crippen molar-refractivity contribution in [3.63, 3.8) is 0 Å². The Bertz CT molecular complexity index is 1470. The number of nitrogens with two attached hydrogens (primary N) is 1. The molecule has 4 aromatic heterocycles. The van der Waals surface area contributed by atoms with Crippen LogP contribution in [-0.4, -0.2) is 34.5 Å². The summed E-state index contributed by atoms with van der Waals surface area (Å²) < 4.78 is 15.7. The Morgan fingerprint density at radius 2 is 2.09 bits per heavy atom. The maximum atomic E-state index is 13.2. The fraction of sp³-hybridized carbons (Fsp3) is 0.217. The number of fused-ring (bicyclic) bond motifs is 2. The van der Waals surface area contributed by atoms with Crippen LogP contribution in [0.3, 0.4) is 0 Å². The minimum atomic E-state index is -1.10. The van der Waals surface area contributed by atoms with Gasteiger partial charge in [-0.25, -0.2) is 15.0 Å². The molecule has 5 aromatic rings. The number of aryl methyl sites for hydroxylation is 1. The van der Waals surface area contributed by atoms with Crippen molar-refractivity contribution in [3.05, 3.63) is 49.1 Å². The number of benzene rings is 1. The minimum Gasteiger partial charge on any atom is -0.611 e. The molecule has 7 nitrogen and oxygen atoms in total. The van der Waals surface area contributed by atoms with Gasteiger partial charge in [-0.2, -0.15) is 5.10 Å². The number of aromatic nitrogens is 5. The van der Waals surface area contributed by atoms with Gasteiger partial charge in [0.15, 0.2) is 0 Å². The van der Waals surface area contributed by atoms with E-state index in [0.29, 0.717) is 5.69 Å². The van der Waals surface area contributed by atoms with Crippen LogP contribution in [-0.2, 0) is 18.2 Å². The highest BCUT2D eigenvalue weighted by Gasteiger charge is 2.35. The molecule has 1 aliphatic carbocycles. The van der Waals surface area contributed by atoms with Crippen molar-refractivity contribution in [2.24, 2.45) is 7.05 Å². The van der Waals surface area contributed by atoms with Crippen molar-refractivity contribution >= 4 is 49.3 Å². The Labute approximate surface area is 191 Å². The largest absolute Gasteiger partial charge is 0.611 e. The van der Waals surface area contributed by atoms with Crippen LogP contribution in [0.15, 0.2) is 53.3 Å². The summed E-state index contributed by atoms with van der Waals surface area (Å²) in [6, 6.07) is 10.0. The third kappa shape index (κ3) is 3.08. The predicted octanol–water partition coefficient (Wildman–Crippen LogP) is 4.55. The van der Waals surface area contributed by atoms with Gasteiger partial charge in [-0.1, -0.05) is 17.4 Å². The Morgan fingerprint density at radius 1 is 1.22 bits per heavy atom. The molecule has 4 heterocycles. The number of hydrogen-bond acceptors (Lipinski definition) is 7. The van der Waals surface area contributed by atoms with Crippen molar-refractivity contribution in [1.29, 1.82) is 0 Å². The summed E-state index contributed by atoms with van der Waals surface area (Å²) in [4.78, 5) is 14.2. The summed E-state index contributed by atoms with van der Waals surface area (Å²) in [7, 11) is 1.91. The van der Waals surface area contributed by atoms with Crippen molar-refractivity contribution in [3.8, 4) is 22.5 Å². The van der Waals surface area contributed by atoms with Crippen LogP contribution in [0.4, 0.5) is 5.69 Å². The summed E-state index contributed by atoms with van der Waals surface area (Å²) in [5, 5.41) is 6.35. The molecule has 1 aromatic carbocycles. The van der Waals surface area contributed by atoms with Crippen LogP contribution < -0.4 is 5.73 Å². The monoisotopic (exact) mass is 460 g/mol. The Morgan fingerprint density at radius 3 is 2.84 bits per heavy atom. The quantitative estimate of drug-likeness (QED) is 0.395. The van der Waals surface area contributed by atoms with E-state index in [2.05, 4.69) is 15.1 Å². The van der Waals surface area contributed by atoms with E-state index in [1.807, 2.05) is 42.1 Å². The molecule has 0 bridgehead atoms. The van der Waals surface area contributed by atoms with E-state index >= 15 is 0 Å². The second-order valence-electron chi connectivity index (χ2n) is 8.03. The molecule has 9 heteroatoms. The van der Waals surface area contributed by atoms with Crippen molar-refractivity contribution < 1.29 is 4.55 Å². The Balaban J connectivity index is 1.59. The number of anilines is 1. The van der Waals surface area contributed by atoms with E-state index in [4.69, 9.17) is 10.7 Å². The zero-order valence-corrected chi connectivity index (χ0v) is 19.0. The van der Waals surface area contributed by atoms with Gasteiger partial charge in [0.1, 0.15) is 22.1 Å². The topological polar surface area (TPSA) is 106 Å². The molecular weight excluding hydrogens is 440 g/mol. The lowest BCUT2D eigenvalue weighted by molar-refractivity contribution is 0.478. The number of hydrogen-bond donors (Lipinski definition) is 1. The number of rotatable bonds is 4. The van der Waals surface area contributed by atoms with Gasteiger partial charge >= 0.3 is 0 Å². The molecule has 2 N–H and O–H groups in total. The molecule has 1 aliphatic rings. The minimum absolute atomic E-state index is 0.200. The van der Waals surface area contributed by atoms with E-state index in [-0.39, 0.29) is 5.25 Å². The first-order valence-electron chi connectivity index (χ1n) is 10.4. The highest BCUT2D eigenvalue weighted by atomic mass is 32.2. The van der Waals surface area contributed by atoms with Crippen LogP contribution in [0, 0.1) is 0 Å². The molecule has 0 radical (unpaired) electrons. The van der Waals surface area contributed by atoms with E-state index < -0.39 is 11.2 Å². The molecule has 1 fully saturated rings. The molecule has 0 spiro atoms. The van der Waals surface area contributed by atoms with Crippen LogP contribution >= 0.6 is 11.3 Å². The zero-order valence-electron chi connectivity index (χ0n) is 17.4. The fourth-order valence-corrected chi connectivity index (χ4v) is 7.33. The molecule has 1 atom stereocenters. The maximum Gasteiger partial charge on any atom is 0.232 e. The van der Waals surface area contributed by atoms with Crippen LogP contribution in [0.25, 0.3) is 43.6 Å². The normalized spacial score (nSPS) is 15.3. The summed E-state index contributed by atoms with van der Waals surface area (Å²) in [6.07, 6.45) is 8.24. The number of thiophene rings is 1. The first-order chi connectivity index (χ1) is 15.6. The zero-order chi connectivity index (χ0) is 21.8. The molecule has 1 unspecified atom stereocenters. The molecule has 0 amide bonds. The van der Waals surface area contributed by atoms with Gasteiger partial charge in [-0.05, 0) is 43.5 Å². The molecule has 1 saturated carbocycles. The fourth-order valence-electron chi connectivity index (χ4n) is 4.12. The van der Waals surface area contributed by atoms with Crippen molar-refractivity contribution in [2.45, 2.75) is 28.7 Å². The maximum absolute atomic E-state index is 13.2. The second kappa shape index (κ2) is 7.54. The van der Waals surface area contributed by atoms with E-state index in [1.165, 1.54) is 11.3 Å². The van der Waals surface area contributed by atoms with Gasteiger partial charge < -0.3 is 10.3 Å². The van der Waals surface area contributed by atoms with Gasteiger partial charge in [-0.3, -0.25) is 4.68 Å². The summed E-state index contributed by atoms with van der Waals surface area (Å²) >= 11 is 0.348. The average molecular weight is 461 g/mol. The van der Waals surface area contributed by atoms with Crippen LogP contribution in [0.2, 0.25) is 0 Å². The summed E-state index contributed by atoms with van der Waals surface area (Å²) in [5.74, 6) is 0. The lowest BCUT2D eigenvalue weighted by atomic mass is 10.00. The third-order valence-corrected chi connectivity index (χ3v) is 9.40. The second-order valence-corrected chi connectivity index (χ2v) is 11.0. The lowest BCUT2D eigenvalue weighted by Crippen LogP contribution is -2.28. The predicted molar refractivity (Wildman–Crippen MR) is 129 cm³/mol. The van der Waals surface area contributed by atoms with E-state index in [1.54, 1.807) is 18.7 Å². The summed E-state index contributed by atoms with van der Waals surface area (Å²) in [5.41, 5.74) is 11.7. The standard InChI is InChI=1S/C23H20N6OS2/c1-29-19(7-8-27-29)16-10-18(13-5-6-17-14(9-13)11-25-12-26-17)28-22-20(16)21(24)23(31-22)32(30)15-3-2-4-15/h5-12,15H,2-4,24H2,1H3. The Kier molecular flexibility index (Phi) is 4.63. The molecule has 0 saturated heterocycles. The lowest BCUT2D eigenvalue weighted by Gasteiger charge is -2.27. The molecule has 160 valence electrons. The van der Waals surface area contributed by atoms with Gasteiger partial charge in [-0.15, -0.1) is 0 Å². The van der Waals surface area contributed by atoms with Gasteiger partial charge in [0.25, 0.3) is 0 Å². The first-order valence-corrected chi connectivity index (χ1v) is 12.4. The SMILES string of the molecule is Cn1nccc1-c1cc(-c2ccc3ncncc3c2)nc2sc([S+]([O-])C3CCC3)c(N)c12. The summed E-state index contributed by atoms with van der Waals surface area (Å²) in [6.45, 7) is 0. The van der Waals surface area contributed by atoms with Crippen molar-refractivity contribution in [1.82, 2.24) is 24.7 Å². The molecule has 6 rings (SSSR count). The first kappa shape index (κ1) is 19.7. The highest BCUT2D eigenvalue weighted by molar-refractivity contribution is 7.94. The molecule has 32 heavy (non-hydrogen) atoms. The number of nitrogen functional groups attached to an aromatic ring is 1. The highest BCUT2D eigenvalue weighted by Crippen LogP contribution is 2.45. The number of nitrogens with zero attached hydrogens (tertiary/aromatic N) is 5. The smallest absolute Gasteiger partial charge is 0.232 e.